The van der Waals surface area contributed by atoms with Crippen LogP contribution in [0.25, 0.3) is 0 Å². The minimum absolute atomic E-state index is 0.0198. The number of hydrogen-bond donors (Lipinski definition) is 1. The monoisotopic (exact) mass is 430 g/mol. The summed E-state index contributed by atoms with van der Waals surface area (Å²) in [6.45, 7) is 0.669. The van der Waals surface area contributed by atoms with Gasteiger partial charge in [-0.25, -0.2) is 8.42 Å². The molecule has 1 aliphatic heterocycles. The van der Waals surface area contributed by atoms with Gasteiger partial charge < -0.3 is 14.8 Å². The van der Waals surface area contributed by atoms with E-state index in [1.54, 1.807) is 0 Å². The van der Waals surface area contributed by atoms with Crippen molar-refractivity contribution in [1.82, 2.24) is 0 Å². The van der Waals surface area contributed by atoms with Crippen molar-refractivity contribution in [3.05, 3.63) is 48.0 Å². The smallest absolute Gasteiger partial charge is 0.418 e. The number of halogens is 3. The number of rotatable bonds is 6. The molecule has 2 aromatic carbocycles. The predicted molar refractivity (Wildman–Crippen MR) is 99.4 cm³/mol. The van der Waals surface area contributed by atoms with Crippen LogP contribution in [-0.2, 0) is 21.0 Å². The van der Waals surface area contributed by atoms with Crippen LogP contribution in [0.15, 0.2) is 42.5 Å². The molecule has 3 rings (SSSR count). The molecule has 7 nitrogen and oxygen atoms in total. The van der Waals surface area contributed by atoms with Crippen LogP contribution in [-0.4, -0.2) is 33.4 Å². The van der Waals surface area contributed by atoms with E-state index in [1.807, 2.05) is 0 Å². The van der Waals surface area contributed by atoms with Gasteiger partial charge in [-0.15, -0.1) is 0 Å². The maximum atomic E-state index is 13.1. The summed E-state index contributed by atoms with van der Waals surface area (Å²) < 4.78 is 75.6. The Hall–Kier alpha value is -2.95. The molecule has 0 fully saturated rings. The van der Waals surface area contributed by atoms with Crippen molar-refractivity contribution >= 4 is 27.3 Å². The van der Waals surface area contributed by atoms with Crippen LogP contribution in [0.4, 0.5) is 24.5 Å². The fourth-order valence-electron chi connectivity index (χ4n) is 2.71. The average Bonchev–Trinajstić information content (AvgIpc) is 3.13. The first kappa shape index (κ1) is 20.8. The number of fused-ring (bicyclic) bond motifs is 1. The number of anilines is 2. The van der Waals surface area contributed by atoms with E-state index < -0.39 is 39.9 Å². The molecule has 0 saturated heterocycles. The number of nitrogens with one attached hydrogen (secondary N) is 1. The summed E-state index contributed by atoms with van der Waals surface area (Å²) in [5.74, 6) is -0.502. The lowest BCUT2D eigenvalue weighted by atomic mass is 10.1. The van der Waals surface area contributed by atoms with Crippen molar-refractivity contribution < 1.29 is 35.9 Å². The largest absolute Gasteiger partial charge is 0.454 e. The Labute approximate surface area is 165 Å². The van der Waals surface area contributed by atoms with Gasteiger partial charge in [-0.1, -0.05) is 12.1 Å². The van der Waals surface area contributed by atoms with Gasteiger partial charge in [0.15, 0.2) is 11.5 Å². The Balaban J connectivity index is 1.87. The average molecular weight is 430 g/mol. The van der Waals surface area contributed by atoms with Gasteiger partial charge in [0, 0.05) is 6.07 Å². The Morgan fingerprint density at radius 1 is 1.14 bits per heavy atom. The summed E-state index contributed by atoms with van der Waals surface area (Å²) in [5, 5.41) is 2.14. The highest BCUT2D eigenvalue weighted by atomic mass is 32.2. The number of ether oxygens (including phenoxy) is 2. The van der Waals surface area contributed by atoms with E-state index in [-0.39, 0.29) is 18.2 Å². The summed E-state index contributed by atoms with van der Waals surface area (Å²) in [7, 11) is -3.90. The molecule has 1 amide bonds. The second-order valence-corrected chi connectivity index (χ2v) is 8.22. The first-order valence-corrected chi connectivity index (χ1v) is 10.1. The highest BCUT2D eigenvalue weighted by molar-refractivity contribution is 7.92. The molecule has 1 aliphatic rings. The third-order valence-corrected chi connectivity index (χ3v) is 5.88. The van der Waals surface area contributed by atoms with Crippen LogP contribution in [0.1, 0.15) is 12.5 Å². The van der Waals surface area contributed by atoms with Gasteiger partial charge >= 0.3 is 6.18 Å². The number of hydrogen-bond acceptors (Lipinski definition) is 5. The lowest BCUT2D eigenvalue weighted by Gasteiger charge is -2.24. The fourth-order valence-corrected chi connectivity index (χ4v) is 3.77. The molecule has 156 valence electrons. The van der Waals surface area contributed by atoms with E-state index in [0.29, 0.717) is 11.5 Å². The fraction of sp³-hybridized carbons (Fsp3) is 0.278. The third-order valence-electron chi connectivity index (χ3n) is 4.14. The van der Waals surface area contributed by atoms with E-state index in [2.05, 4.69) is 5.32 Å². The summed E-state index contributed by atoms with van der Waals surface area (Å²) in [5.41, 5.74) is -1.35. The first-order chi connectivity index (χ1) is 13.6. The minimum Gasteiger partial charge on any atom is -0.454 e. The maximum Gasteiger partial charge on any atom is 0.418 e. The standard InChI is InChI=1S/C18H17F3N2O5S/c1-2-29(25,26)23(12-7-8-15-16(9-12)28-11-27-15)10-17(24)22-14-6-4-3-5-13(14)18(19,20)21/h3-9H,2,10-11H2,1H3,(H,22,24). The molecule has 1 N–H and O–H groups in total. The van der Waals surface area contributed by atoms with Crippen molar-refractivity contribution in [1.29, 1.82) is 0 Å². The Morgan fingerprint density at radius 2 is 1.83 bits per heavy atom. The normalized spacial score (nSPS) is 13.2. The number of sulfonamides is 1. The molecule has 0 bridgehead atoms. The molecule has 0 saturated carbocycles. The van der Waals surface area contributed by atoms with Crippen LogP contribution in [0.3, 0.4) is 0 Å². The van der Waals surface area contributed by atoms with Gasteiger partial charge in [-0.05, 0) is 31.2 Å². The number of amides is 1. The summed E-state index contributed by atoms with van der Waals surface area (Å²) in [4.78, 5) is 12.4. The lowest BCUT2D eigenvalue weighted by molar-refractivity contribution is -0.137. The zero-order valence-electron chi connectivity index (χ0n) is 15.2. The molecule has 0 unspecified atom stereocenters. The summed E-state index contributed by atoms with van der Waals surface area (Å²) >= 11 is 0. The molecule has 0 radical (unpaired) electrons. The molecule has 0 spiro atoms. The number of benzene rings is 2. The Kier molecular flexibility index (Phi) is 5.60. The Morgan fingerprint density at radius 3 is 2.52 bits per heavy atom. The quantitative estimate of drug-likeness (QED) is 0.761. The van der Waals surface area contributed by atoms with Crippen LogP contribution >= 0.6 is 0 Å². The van der Waals surface area contributed by atoms with Gasteiger partial charge in [0.1, 0.15) is 6.54 Å². The topological polar surface area (TPSA) is 84.9 Å². The zero-order valence-corrected chi connectivity index (χ0v) is 16.0. The zero-order chi connectivity index (χ0) is 21.2. The molecule has 29 heavy (non-hydrogen) atoms. The van der Waals surface area contributed by atoms with Gasteiger partial charge in [0.05, 0.1) is 22.7 Å². The van der Waals surface area contributed by atoms with Crippen LogP contribution in [0, 0.1) is 0 Å². The van der Waals surface area contributed by atoms with E-state index >= 15 is 0 Å². The molecule has 0 aliphatic carbocycles. The number of para-hydroxylation sites is 1. The molecular weight excluding hydrogens is 413 g/mol. The molecule has 0 aromatic heterocycles. The van der Waals surface area contributed by atoms with Crippen molar-refractivity contribution in [2.24, 2.45) is 0 Å². The van der Waals surface area contributed by atoms with Gasteiger partial charge in [0.2, 0.25) is 22.7 Å². The second-order valence-electron chi connectivity index (χ2n) is 6.04. The number of carbonyl (C=O) groups excluding carboxylic acids is 1. The minimum atomic E-state index is -4.67. The van der Waals surface area contributed by atoms with Crippen LogP contribution < -0.4 is 19.1 Å². The van der Waals surface area contributed by atoms with E-state index in [1.165, 1.54) is 37.3 Å². The third kappa shape index (κ3) is 4.56. The first-order valence-electron chi connectivity index (χ1n) is 8.48. The summed E-state index contributed by atoms with van der Waals surface area (Å²) in [6, 6.07) is 8.77. The van der Waals surface area contributed by atoms with E-state index in [0.717, 1.165) is 16.4 Å². The number of carbonyl (C=O) groups is 1. The van der Waals surface area contributed by atoms with Crippen molar-refractivity contribution in [3.8, 4) is 11.5 Å². The predicted octanol–water partition coefficient (Wildman–Crippen LogP) is 3.23. The number of alkyl halides is 3. The highest BCUT2D eigenvalue weighted by Crippen LogP contribution is 2.37. The second kappa shape index (κ2) is 7.82. The van der Waals surface area contributed by atoms with Gasteiger partial charge in [-0.2, -0.15) is 13.2 Å². The highest BCUT2D eigenvalue weighted by Gasteiger charge is 2.34. The van der Waals surface area contributed by atoms with Crippen LogP contribution in [0.2, 0.25) is 0 Å². The Bertz CT molecular complexity index is 1020. The summed E-state index contributed by atoms with van der Waals surface area (Å²) in [6.07, 6.45) is -4.67. The SMILES string of the molecule is CCS(=O)(=O)N(CC(=O)Nc1ccccc1C(F)(F)F)c1ccc2c(c1)OCO2. The van der Waals surface area contributed by atoms with Crippen LogP contribution in [0.5, 0.6) is 11.5 Å². The lowest BCUT2D eigenvalue weighted by Crippen LogP contribution is -2.39. The van der Waals surface area contributed by atoms with E-state index in [9.17, 15) is 26.4 Å². The van der Waals surface area contributed by atoms with Crippen molar-refractivity contribution in [2.75, 3.05) is 28.7 Å². The van der Waals surface area contributed by atoms with Gasteiger partial charge in [-0.3, -0.25) is 9.10 Å². The molecule has 1 heterocycles. The van der Waals surface area contributed by atoms with Gasteiger partial charge in [0.25, 0.3) is 0 Å². The molecule has 2 aromatic rings. The van der Waals surface area contributed by atoms with Crippen molar-refractivity contribution in [3.63, 3.8) is 0 Å². The molecular formula is C18H17F3N2O5S. The molecule has 0 atom stereocenters. The van der Waals surface area contributed by atoms with E-state index in [4.69, 9.17) is 9.47 Å². The molecule has 11 heteroatoms. The maximum absolute atomic E-state index is 13.1. The number of nitrogens with zero attached hydrogens (tertiary/aromatic N) is 1. The van der Waals surface area contributed by atoms with Crippen molar-refractivity contribution in [2.45, 2.75) is 13.1 Å².